The zero-order valence-electron chi connectivity index (χ0n) is 21.7. The number of sulfone groups is 1. The van der Waals surface area contributed by atoms with Gasteiger partial charge in [-0.3, -0.25) is 34.4 Å². The fraction of sp³-hybridized carbons (Fsp3) is 0.179. The van der Waals surface area contributed by atoms with Crippen molar-refractivity contribution < 1.29 is 27.7 Å². The molecule has 1 aliphatic heterocycles. The summed E-state index contributed by atoms with van der Waals surface area (Å²) in [5, 5.41) is 10.9. The van der Waals surface area contributed by atoms with Gasteiger partial charge in [0.1, 0.15) is 10.1 Å². The molecule has 1 amide bonds. The molecule has 0 aliphatic carbocycles. The van der Waals surface area contributed by atoms with Gasteiger partial charge in [-0.15, -0.1) is 0 Å². The molecule has 2 aromatic heterocycles. The lowest BCUT2D eigenvalue weighted by Crippen LogP contribution is -2.30. The number of Topliss-reactive ketones (excluding diaryl/α,β-unsaturated/α-hetero) is 2. The Kier molecular flexibility index (Phi) is 7.32. The molecule has 5 rings (SSSR count). The number of carbonyl (C=O) groups is 3. The summed E-state index contributed by atoms with van der Waals surface area (Å²) in [6, 6.07) is 13.5. The van der Waals surface area contributed by atoms with Crippen molar-refractivity contribution >= 4 is 49.5 Å². The van der Waals surface area contributed by atoms with E-state index in [9.17, 15) is 32.9 Å². The minimum absolute atomic E-state index is 0.0803. The van der Waals surface area contributed by atoms with E-state index in [1.54, 1.807) is 18.2 Å². The molecular formula is C28H22N4O7S2. The van der Waals surface area contributed by atoms with Gasteiger partial charge < -0.3 is 0 Å². The molecule has 0 bridgehead atoms. The second-order valence-corrected chi connectivity index (χ2v) is 12.8. The van der Waals surface area contributed by atoms with E-state index in [1.165, 1.54) is 18.5 Å². The average molecular weight is 591 g/mol. The topological polar surface area (TPSA) is 158 Å². The molecule has 0 radical (unpaired) electrons. The highest BCUT2D eigenvalue weighted by Gasteiger charge is 2.53. The maximum absolute atomic E-state index is 13.6. The molecule has 2 aromatic carbocycles. The van der Waals surface area contributed by atoms with E-state index < -0.39 is 44.2 Å². The summed E-state index contributed by atoms with van der Waals surface area (Å²) in [6.07, 6.45) is 3.86. The van der Waals surface area contributed by atoms with Gasteiger partial charge in [-0.2, -0.15) is 0 Å². The number of nitro benzene ring substituents is 1. The van der Waals surface area contributed by atoms with E-state index in [0.717, 1.165) is 40.9 Å². The highest BCUT2D eigenvalue weighted by Crippen LogP contribution is 2.43. The van der Waals surface area contributed by atoms with Gasteiger partial charge in [-0.05, 0) is 41.3 Å². The fourth-order valence-corrected chi connectivity index (χ4v) is 7.15. The van der Waals surface area contributed by atoms with Crippen LogP contribution in [0.3, 0.4) is 0 Å². The van der Waals surface area contributed by atoms with Crippen molar-refractivity contribution in [3.63, 3.8) is 0 Å². The Hall–Kier alpha value is -4.62. The van der Waals surface area contributed by atoms with Crippen LogP contribution in [0.1, 0.15) is 47.3 Å². The van der Waals surface area contributed by atoms with E-state index in [0.29, 0.717) is 16.9 Å². The predicted octanol–water partition coefficient (Wildman–Crippen LogP) is 4.56. The van der Waals surface area contributed by atoms with Crippen LogP contribution < -0.4 is 4.90 Å². The van der Waals surface area contributed by atoms with Gasteiger partial charge in [0.2, 0.25) is 15.6 Å². The first-order chi connectivity index (χ1) is 19.5. The lowest BCUT2D eigenvalue weighted by molar-refractivity contribution is -0.384. The molecule has 1 aliphatic rings. The van der Waals surface area contributed by atoms with Gasteiger partial charge in [0.25, 0.3) is 11.6 Å². The Bertz CT molecular complexity index is 1770. The van der Waals surface area contributed by atoms with Crippen LogP contribution in [0.2, 0.25) is 0 Å². The molecular weight excluding hydrogens is 568 g/mol. The Labute approximate surface area is 238 Å². The molecule has 13 heteroatoms. The normalized spacial score (nSPS) is 17.3. The summed E-state index contributed by atoms with van der Waals surface area (Å²) in [5.74, 6) is -3.71. The SMILES string of the molecule is CC(C)c1ccc(C2C(C(=O)c3cccnc3)C(=O)C(=O)N2c2ncc(S(=O)(=O)c3ccc([N+](=O)[O-])cc3)s2)cc1. The van der Waals surface area contributed by atoms with Crippen LogP contribution in [0.25, 0.3) is 0 Å². The number of nitro groups is 1. The summed E-state index contributed by atoms with van der Waals surface area (Å²) < 4.78 is 26.3. The predicted molar refractivity (Wildman–Crippen MR) is 148 cm³/mol. The maximum atomic E-state index is 13.6. The van der Waals surface area contributed by atoms with Gasteiger partial charge in [0.15, 0.2) is 10.9 Å². The number of ketones is 2. The summed E-state index contributed by atoms with van der Waals surface area (Å²) in [6.45, 7) is 4.03. The number of non-ortho nitro benzene ring substituents is 1. The van der Waals surface area contributed by atoms with E-state index in [-0.39, 0.29) is 31.4 Å². The number of carbonyl (C=O) groups excluding carboxylic acids is 3. The number of amides is 1. The second-order valence-electron chi connectivity index (χ2n) is 9.61. The number of hydrogen-bond donors (Lipinski definition) is 0. The van der Waals surface area contributed by atoms with Crippen molar-refractivity contribution in [2.24, 2.45) is 5.92 Å². The van der Waals surface area contributed by atoms with Gasteiger partial charge >= 0.3 is 0 Å². The average Bonchev–Trinajstić information content (AvgIpc) is 3.56. The number of anilines is 1. The molecule has 1 fully saturated rings. The van der Waals surface area contributed by atoms with Crippen molar-refractivity contribution in [2.45, 2.75) is 34.9 Å². The van der Waals surface area contributed by atoms with E-state index in [4.69, 9.17) is 0 Å². The van der Waals surface area contributed by atoms with Crippen LogP contribution in [0.15, 0.2) is 88.4 Å². The number of aromatic nitrogens is 2. The summed E-state index contributed by atoms with van der Waals surface area (Å²) in [4.78, 5) is 59.6. The first-order valence-corrected chi connectivity index (χ1v) is 14.7. The second kappa shape index (κ2) is 10.7. The minimum Gasteiger partial charge on any atom is -0.293 e. The molecule has 0 spiro atoms. The first-order valence-electron chi connectivity index (χ1n) is 12.4. The smallest absolute Gasteiger partial charge is 0.293 e. The third-order valence-electron chi connectivity index (χ3n) is 6.78. The lowest BCUT2D eigenvalue weighted by atomic mass is 9.86. The Morgan fingerprint density at radius 1 is 1.02 bits per heavy atom. The largest absolute Gasteiger partial charge is 0.297 e. The number of rotatable bonds is 8. The zero-order valence-corrected chi connectivity index (χ0v) is 23.3. The molecule has 1 saturated heterocycles. The zero-order chi connectivity index (χ0) is 29.5. The van der Waals surface area contributed by atoms with Gasteiger partial charge in [0, 0.05) is 30.1 Å². The highest BCUT2D eigenvalue weighted by molar-refractivity contribution is 7.93. The van der Waals surface area contributed by atoms with Crippen molar-refractivity contribution in [3.8, 4) is 0 Å². The Morgan fingerprint density at radius 3 is 2.29 bits per heavy atom. The van der Waals surface area contributed by atoms with Crippen LogP contribution in [0.5, 0.6) is 0 Å². The molecule has 11 nitrogen and oxygen atoms in total. The first kappa shape index (κ1) is 27.9. The van der Waals surface area contributed by atoms with E-state index in [2.05, 4.69) is 9.97 Å². The van der Waals surface area contributed by atoms with Crippen LogP contribution >= 0.6 is 11.3 Å². The molecule has 41 heavy (non-hydrogen) atoms. The monoisotopic (exact) mass is 590 g/mol. The van der Waals surface area contributed by atoms with Crippen LogP contribution in [0, 0.1) is 16.0 Å². The molecule has 0 saturated carbocycles. The quantitative estimate of drug-likeness (QED) is 0.0943. The van der Waals surface area contributed by atoms with Crippen LogP contribution in [-0.4, -0.2) is 40.8 Å². The van der Waals surface area contributed by atoms with Crippen LogP contribution in [0.4, 0.5) is 10.8 Å². The number of hydrogen-bond acceptors (Lipinski definition) is 10. The lowest BCUT2D eigenvalue weighted by Gasteiger charge is -2.25. The number of pyridine rings is 1. The summed E-state index contributed by atoms with van der Waals surface area (Å²) in [7, 11) is -4.16. The van der Waals surface area contributed by atoms with Crippen molar-refractivity contribution in [2.75, 3.05) is 4.90 Å². The maximum Gasteiger partial charge on any atom is 0.297 e. The Morgan fingerprint density at radius 2 is 1.71 bits per heavy atom. The van der Waals surface area contributed by atoms with E-state index in [1.807, 2.05) is 26.0 Å². The summed E-state index contributed by atoms with van der Waals surface area (Å²) >= 11 is 0.661. The van der Waals surface area contributed by atoms with Crippen molar-refractivity contribution in [1.82, 2.24) is 9.97 Å². The molecule has 3 heterocycles. The van der Waals surface area contributed by atoms with Crippen molar-refractivity contribution in [3.05, 3.63) is 106 Å². The standard InChI is InChI=1S/C28H22N4O7S2/c1-16(2)17-5-7-18(8-6-17)24-23(25(33)19-4-3-13-29-14-19)26(34)27(35)31(24)28-30-15-22(40-28)41(38,39)21-11-9-20(10-12-21)32(36)37/h3-16,23-24H,1-2H3. The number of thiazole rings is 1. The van der Waals surface area contributed by atoms with Crippen molar-refractivity contribution in [1.29, 1.82) is 0 Å². The number of benzene rings is 2. The van der Waals surface area contributed by atoms with Gasteiger partial charge in [-0.25, -0.2) is 13.4 Å². The van der Waals surface area contributed by atoms with Crippen LogP contribution in [-0.2, 0) is 19.4 Å². The third-order valence-corrected chi connectivity index (χ3v) is 10.0. The third kappa shape index (κ3) is 5.05. The fourth-order valence-electron chi connectivity index (χ4n) is 4.60. The Balaban J connectivity index is 1.58. The molecule has 2 atom stereocenters. The molecule has 2 unspecified atom stereocenters. The molecule has 4 aromatic rings. The van der Waals surface area contributed by atoms with Gasteiger partial charge in [0.05, 0.1) is 22.1 Å². The highest BCUT2D eigenvalue weighted by atomic mass is 32.2. The number of nitrogens with zero attached hydrogens (tertiary/aromatic N) is 4. The van der Waals surface area contributed by atoms with E-state index >= 15 is 0 Å². The molecule has 208 valence electrons. The van der Waals surface area contributed by atoms with Gasteiger partial charge in [-0.1, -0.05) is 49.4 Å². The summed E-state index contributed by atoms with van der Waals surface area (Å²) in [5.41, 5.74) is 1.40. The minimum atomic E-state index is -4.16. The molecule has 0 N–H and O–H groups in total.